The van der Waals surface area contributed by atoms with Crippen LogP contribution in [-0.2, 0) is 19.1 Å². The predicted octanol–water partition coefficient (Wildman–Crippen LogP) is -4.33. The molecule has 0 aromatic carbocycles. The first-order chi connectivity index (χ1) is 15.0. The number of amides is 1. The fourth-order valence-electron chi connectivity index (χ4n) is 3.88. The third-order valence-corrected chi connectivity index (χ3v) is 5.14. The molecule has 5 atom stereocenters. The summed E-state index contributed by atoms with van der Waals surface area (Å²) in [6.45, 7) is 1.11. The largest absolute Gasteiger partial charge is 0.550 e. The molecule has 2 aromatic rings. The number of ether oxygens (including phenoxy) is 1. The van der Waals surface area contributed by atoms with E-state index in [1.54, 1.807) is 19.0 Å². The Morgan fingerprint density at radius 3 is 2.53 bits per heavy atom. The molecule has 1 aliphatic heterocycles. The lowest BCUT2D eigenvalue weighted by Crippen LogP contribution is -2.59. The molecule has 32 heavy (non-hydrogen) atoms. The van der Waals surface area contributed by atoms with E-state index in [0.29, 0.717) is 11.3 Å². The van der Waals surface area contributed by atoms with Gasteiger partial charge in [0.05, 0.1) is 18.5 Å². The second-order valence-corrected chi connectivity index (χ2v) is 7.73. The highest BCUT2D eigenvalue weighted by Crippen LogP contribution is 2.43. The van der Waals surface area contributed by atoms with Crippen LogP contribution in [0.2, 0.25) is 0 Å². The van der Waals surface area contributed by atoms with Crippen LogP contribution in [0.15, 0.2) is 12.7 Å². The maximum Gasteiger partial charge on any atom is 0.217 e. The number of aliphatic carboxylic acids is 2. The molecule has 14 heteroatoms. The smallest absolute Gasteiger partial charge is 0.217 e. The van der Waals surface area contributed by atoms with Gasteiger partial charge < -0.3 is 45.0 Å². The number of carboxylic acids is 2. The third kappa shape index (κ3) is 4.19. The Morgan fingerprint density at radius 1 is 1.28 bits per heavy atom. The summed E-state index contributed by atoms with van der Waals surface area (Å²) >= 11 is 0. The number of nitrogens with zero attached hydrogens (tertiary/aromatic N) is 5. The molecule has 3 rings (SSSR count). The van der Waals surface area contributed by atoms with Crippen molar-refractivity contribution in [1.82, 2.24) is 24.8 Å². The number of aliphatic hydroxyl groups excluding tert-OH is 1. The van der Waals surface area contributed by atoms with Gasteiger partial charge in [0.15, 0.2) is 23.2 Å². The van der Waals surface area contributed by atoms with Crippen LogP contribution in [0.5, 0.6) is 0 Å². The molecular weight excluding hydrogens is 428 g/mol. The Morgan fingerprint density at radius 2 is 1.97 bits per heavy atom. The average Bonchev–Trinajstić information content (AvgIpc) is 3.19. The standard InChI is InChI=1S/C18H24N6O8/c1-8(25)22-14-13(9(26)4-10(27)28)32-17(18(14,31)5-11(29)30)24-7-21-12-15(23(2)3)19-6-20-16(12)24/h6-7,9,13-14,17,26,31H,4-5H2,1-3H3,(H,22,25)(H,27,28)(H,29,30)/p-2. The number of rotatable bonds is 8. The fraction of sp³-hybridized carbons (Fsp3) is 0.556. The molecule has 1 fully saturated rings. The normalized spacial score (nSPS) is 26.1. The summed E-state index contributed by atoms with van der Waals surface area (Å²) in [4.78, 5) is 48.4. The van der Waals surface area contributed by atoms with Crippen molar-refractivity contribution in [1.29, 1.82) is 0 Å². The van der Waals surface area contributed by atoms with E-state index in [1.165, 1.54) is 17.2 Å². The van der Waals surface area contributed by atoms with Crippen LogP contribution >= 0.6 is 0 Å². The van der Waals surface area contributed by atoms with Crippen molar-refractivity contribution in [3.63, 3.8) is 0 Å². The molecule has 1 amide bonds. The number of hydrogen-bond donors (Lipinski definition) is 3. The number of hydrogen-bond acceptors (Lipinski definition) is 12. The number of anilines is 1. The molecular formula is C18H22N6O8-2. The van der Waals surface area contributed by atoms with Gasteiger partial charge >= 0.3 is 0 Å². The number of imidazole rings is 1. The van der Waals surface area contributed by atoms with E-state index in [4.69, 9.17) is 4.74 Å². The number of aliphatic hydroxyl groups is 2. The van der Waals surface area contributed by atoms with Crippen molar-refractivity contribution < 1.29 is 39.5 Å². The highest BCUT2D eigenvalue weighted by atomic mass is 16.6. The van der Waals surface area contributed by atoms with Crippen LogP contribution in [0, 0.1) is 0 Å². The SMILES string of the molecule is CC(=O)NC1C(C(O)CC(=O)[O-])OC(n2cnc3c(N(C)C)ncnc32)C1(O)CC(=O)[O-]. The van der Waals surface area contributed by atoms with Gasteiger partial charge in [-0.25, -0.2) is 15.0 Å². The molecule has 3 heterocycles. The zero-order valence-electron chi connectivity index (χ0n) is 17.5. The topological polar surface area (TPSA) is 206 Å². The quantitative estimate of drug-likeness (QED) is 0.349. The van der Waals surface area contributed by atoms with Gasteiger partial charge in [0.1, 0.15) is 18.0 Å². The van der Waals surface area contributed by atoms with Crippen LogP contribution in [0.4, 0.5) is 5.82 Å². The Bertz CT molecular complexity index is 1040. The summed E-state index contributed by atoms with van der Waals surface area (Å²) in [5, 5.41) is 46.7. The van der Waals surface area contributed by atoms with Gasteiger partial charge in [-0.2, -0.15) is 0 Å². The van der Waals surface area contributed by atoms with Crippen LogP contribution < -0.4 is 20.4 Å². The Kier molecular flexibility index (Phi) is 6.29. The first kappa shape index (κ1) is 23.3. The van der Waals surface area contributed by atoms with E-state index in [2.05, 4.69) is 20.3 Å². The van der Waals surface area contributed by atoms with Crippen molar-refractivity contribution in [2.75, 3.05) is 19.0 Å². The maximum absolute atomic E-state index is 11.8. The molecule has 1 aliphatic rings. The van der Waals surface area contributed by atoms with Gasteiger partial charge in [0.2, 0.25) is 5.91 Å². The molecule has 0 spiro atoms. The van der Waals surface area contributed by atoms with E-state index >= 15 is 0 Å². The molecule has 0 radical (unpaired) electrons. The van der Waals surface area contributed by atoms with Crippen molar-refractivity contribution in [3.05, 3.63) is 12.7 Å². The van der Waals surface area contributed by atoms with Gasteiger partial charge in [-0.05, 0) is 0 Å². The summed E-state index contributed by atoms with van der Waals surface area (Å²) in [5.41, 5.74) is -1.88. The molecule has 0 bridgehead atoms. The average molecular weight is 450 g/mol. The van der Waals surface area contributed by atoms with E-state index in [9.17, 15) is 34.8 Å². The summed E-state index contributed by atoms with van der Waals surface area (Å²) in [6, 6.07) is -1.51. The summed E-state index contributed by atoms with van der Waals surface area (Å²) in [6.07, 6.45) is -4.20. The van der Waals surface area contributed by atoms with Crippen molar-refractivity contribution in [2.24, 2.45) is 0 Å². The van der Waals surface area contributed by atoms with Gasteiger partial charge in [-0.1, -0.05) is 0 Å². The van der Waals surface area contributed by atoms with E-state index < -0.39 is 60.8 Å². The molecule has 0 aliphatic carbocycles. The summed E-state index contributed by atoms with van der Waals surface area (Å²) < 4.78 is 6.99. The number of fused-ring (bicyclic) bond motifs is 1. The number of aromatic nitrogens is 4. The van der Waals surface area contributed by atoms with E-state index in [0.717, 1.165) is 6.92 Å². The Labute approximate surface area is 181 Å². The second-order valence-electron chi connectivity index (χ2n) is 7.73. The first-order valence-corrected chi connectivity index (χ1v) is 9.53. The highest BCUT2D eigenvalue weighted by Gasteiger charge is 2.59. The minimum absolute atomic E-state index is 0.169. The predicted molar refractivity (Wildman–Crippen MR) is 101 cm³/mol. The van der Waals surface area contributed by atoms with Crippen LogP contribution in [0.1, 0.15) is 26.0 Å². The van der Waals surface area contributed by atoms with Gasteiger partial charge in [-0.3, -0.25) is 9.36 Å². The minimum Gasteiger partial charge on any atom is -0.550 e. The van der Waals surface area contributed by atoms with Crippen molar-refractivity contribution in [2.45, 2.75) is 49.8 Å². The van der Waals surface area contributed by atoms with Gasteiger partial charge in [0, 0.05) is 45.8 Å². The Hall–Kier alpha value is -3.36. The van der Waals surface area contributed by atoms with Crippen molar-refractivity contribution >= 4 is 34.8 Å². The number of carbonyl (C=O) groups excluding carboxylic acids is 3. The summed E-state index contributed by atoms with van der Waals surface area (Å²) in [7, 11) is 3.44. The number of carboxylic acid groups (broad SMARTS) is 2. The second kappa shape index (κ2) is 8.64. The fourth-order valence-corrected chi connectivity index (χ4v) is 3.88. The molecule has 0 saturated carbocycles. The van der Waals surface area contributed by atoms with Gasteiger partial charge in [0.25, 0.3) is 0 Å². The highest BCUT2D eigenvalue weighted by molar-refractivity contribution is 5.83. The molecule has 174 valence electrons. The molecule has 14 nitrogen and oxygen atoms in total. The lowest BCUT2D eigenvalue weighted by atomic mass is 9.85. The minimum atomic E-state index is -2.36. The maximum atomic E-state index is 11.8. The van der Waals surface area contributed by atoms with Gasteiger partial charge in [-0.15, -0.1) is 0 Å². The Balaban J connectivity index is 2.15. The summed E-state index contributed by atoms with van der Waals surface area (Å²) in [5.74, 6) is -3.51. The lowest BCUT2D eigenvalue weighted by Gasteiger charge is -2.35. The van der Waals surface area contributed by atoms with Crippen molar-refractivity contribution in [3.8, 4) is 0 Å². The van der Waals surface area contributed by atoms with Crippen LogP contribution in [-0.4, -0.2) is 85.5 Å². The third-order valence-electron chi connectivity index (χ3n) is 5.14. The van der Waals surface area contributed by atoms with Crippen LogP contribution in [0.25, 0.3) is 11.2 Å². The molecule has 1 saturated heterocycles. The van der Waals surface area contributed by atoms with E-state index in [-0.39, 0.29) is 5.65 Å². The first-order valence-electron chi connectivity index (χ1n) is 9.53. The van der Waals surface area contributed by atoms with E-state index in [1.807, 2.05) is 0 Å². The number of carbonyl (C=O) groups is 3. The zero-order chi connectivity index (χ0) is 23.8. The number of nitrogens with one attached hydrogen (secondary N) is 1. The van der Waals surface area contributed by atoms with Crippen LogP contribution in [0.3, 0.4) is 0 Å². The monoisotopic (exact) mass is 450 g/mol. The lowest BCUT2D eigenvalue weighted by molar-refractivity contribution is -0.311. The molecule has 2 aromatic heterocycles. The molecule has 3 N–H and O–H groups in total. The zero-order valence-corrected chi connectivity index (χ0v) is 17.5. The molecule has 5 unspecified atom stereocenters.